The lowest BCUT2D eigenvalue weighted by Gasteiger charge is -2.22. The van der Waals surface area contributed by atoms with E-state index in [-0.39, 0.29) is 13.2 Å². The molecule has 158 valence electrons. The van der Waals surface area contributed by atoms with E-state index < -0.39 is 30.1 Å². The summed E-state index contributed by atoms with van der Waals surface area (Å²) in [4.78, 5) is 36.6. The molecular formula is C19H36N2O6. The van der Waals surface area contributed by atoms with Gasteiger partial charge in [-0.2, -0.15) is 0 Å². The van der Waals surface area contributed by atoms with Crippen LogP contribution in [0.2, 0.25) is 0 Å². The Bertz CT molecular complexity index is 430. The fourth-order valence-electron chi connectivity index (χ4n) is 2.39. The third-order valence-corrected chi connectivity index (χ3v) is 3.88. The minimum atomic E-state index is -0.766. The van der Waals surface area contributed by atoms with E-state index in [9.17, 15) is 14.4 Å². The molecule has 2 amide bonds. The van der Waals surface area contributed by atoms with Crippen molar-refractivity contribution < 1.29 is 28.6 Å². The maximum atomic E-state index is 12.6. The van der Waals surface area contributed by atoms with Gasteiger partial charge < -0.3 is 24.8 Å². The molecule has 0 aromatic heterocycles. The number of carbonyl (C=O) groups is 3. The highest BCUT2D eigenvalue weighted by molar-refractivity contribution is 5.89. The largest absolute Gasteiger partial charge is 0.464 e. The highest BCUT2D eigenvalue weighted by Gasteiger charge is 2.27. The van der Waals surface area contributed by atoms with Crippen LogP contribution in [0, 0.1) is 0 Å². The predicted molar refractivity (Wildman–Crippen MR) is 102 cm³/mol. The fraction of sp³-hybridized carbons (Fsp3) is 0.842. The average molecular weight is 389 g/mol. The van der Waals surface area contributed by atoms with Gasteiger partial charge in [-0.25, -0.2) is 9.59 Å². The van der Waals surface area contributed by atoms with Gasteiger partial charge in [0.25, 0.3) is 0 Å². The zero-order valence-corrected chi connectivity index (χ0v) is 17.2. The molecule has 0 saturated heterocycles. The van der Waals surface area contributed by atoms with Crippen molar-refractivity contribution in [3.63, 3.8) is 0 Å². The number of ether oxygens (including phenoxy) is 3. The molecule has 0 aromatic rings. The maximum Gasteiger partial charge on any atom is 0.407 e. The van der Waals surface area contributed by atoms with Gasteiger partial charge in [0.1, 0.15) is 18.7 Å². The first kappa shape index (κ1) is 25.2. The Morgan fingerprint density at radius 1 is 0.778 bits per heavy atom. The molecule has 2 N–H and O–H groups in total. The number of unbranched alkanes of at least 4 members (excludes halogenated alkanes) is 2. The highest BCUT2D eigenvalue weighted by Crippen LogP contribution is 2.05. The number of esters is 1. The van der Waals surface area contributed by atoms with Crippen molar-refractivity contribution in [2.75, 3.05) is 26.9 Å². The van der Waals surface area contributed by atoms with E-state index >= 15 is 0 Å². The molecule has 2 atom stereocenters. The second-order valence-electron chi connectivity index (χ2n) is 6.34. The fourth-order valence-corrected chi connectivity index (χ4v) is 2.39. The van der Waals surface area contributed by atoms with Crippen LogP contribution in [0.15, 0.2) is 0 Å². The van der Waals surface area contributed by atoms with Crippen molar-refractivity contribution in [2.45, 2.75) is 77.8 Å². The molecule has 0 rings (SSSR count). The smallest absolute Gasteiger partial charge is 0.407 e. The van der Waals surface area contributed by atoms with E-state index in [0.29, 0.717) is 25.9 Å². The summed E-state index contributed by atoms with van der Waals surface area (Å²) in [6.45, 7) is 6.64. The third kappa shape index (κ3) is 12.2. The molecule has 0 radical (unpaired) electrons. The van der Waals surface area contributed by atoms with E-state index in [1.54, 1.807) is 0 Å². The third-order valence-electron chi connectivity index (χ3n) is 3.88. The van der Waals surface area contributed by atoms with Gasteiger partial charge >= 0.3 is 12.1 Å². The molecule has 2 unspecified atom stereocenters. The van der Waals surface area contributed by atoms with Crippen molar-refractivity contribution in [1.29, 1.82) is 0 Å². The summed E-state index contributed by atoms with van der Waals surface area (Å²) >= 11 is 0. The lowest BCUT2D eigenvalue weighted by Crippen LogP contribution is -2.52. The molecule has 0 aromatic carbocycles. The van der Waals surface area contributed by atoms with E-state index in [4.69, 9.17) is 14.2 Å². The quantitative estimate of drug-likeness (QED) is 0.330. The number of alkyl carbamates (subject to hydrolysis) is 1. The Labute approximate surface area is 162 Å². The molecule has 8 nitrogen and oxygen atoms in total. The van der Waals surface area contributed by atoms with Crippen LogP contribution in [0.1, 0.15) is 65.7 Å². The van der Waals surface area contributed by atoms with Gasteiger partial charge in [0.05, 0.1) is 13.2 Å². The summed E-state index contributed by atoms with van der Waals surface area (Å²) in [5.74, 6) is -0.844. The maximum absolute atomic E-state index is 12.6. The first-order chi connectivity index (χ1) is 13.0. The van der Waals surface area contributed by atoms with Crippen LogP contribution in [-0.4, -0.2) is 57.0 Å². The molecule has 0 saturated carbocycles. The molecule has 0 aliphatic carbocycles. The van der Waals surface area contributed by atoms with Gasteiger partial charge in [-0.3, -0.25) is 4.79 Å². The minimum Gasteiger partial charge on any atom is -0.464 e. The summed E-state index contributed by atoms with van der Waals surface area (Å²) in [6, 6.07) is -1.48. The average Bonchev–Trinajstić information content (AvgIpc) is 2.64. The lowest BCUT2D eigenvalue weighted by molar-refractivity contribution is -0.148. The van der Waals surface area contributed by atoms with Crippen LogP contribution in [0.25, 0.3) is 0 Å². The van der Waals surface area contributed by atoms with E-state index in [1.165, 1.54) is 7.11 Å². The Hall–Kier alpha value is -1.83. The number of carbonyl (C=O) groups excluding carboxylic acids is 3. The van der Waals surface area contributed by atoms with Crippen LogP contribution < -0.4 is 10.6 Å². The first-order valence-corrected chi connectivity index (χ1v) is 9.89. The standard InChI is InChI=1S/C19H36N2O6/c1-5-8-9-12-26-18(23)16(11-7-3)20-17(22)15(10-6-2)21-19(24)27-14-13-25-4/h15-16H,5-14H2,1-4H3,(H,20,22)(H,21,24). The Morgan fingerprint density at radius 3 is 2.04 bits per heavy atom. The van der Waals surface area contributed by atoms with E-state index in [1.807, 2.05) is 13.8 Å². The van der Waals surface area contributed by atoms with E-state index in [0.717, 1.165) is 25.7 Å². The first-order valence-electron chi connectivity index (χ1n) is 9.89. The summed E-state index contributed by atoms with van der Waals surface area (Å²) in [5.41, 5.74) is 0. The molecule has 0 aliphatic heterocycles. The van der Waals surface area contributed by atoms with Crippen molar-refractivity contribution in [2.24, 2.45) is 0 Å². The normalized spacial score (nSPS) is 12.7. The predicted octanol–water partition coefficient (Wildman–Crippen LogP) is 2.55. The summed E-state index contributed by atoms with van der Waals surface area (Å²) in [5, 5.41) is 5.25. The van der Waals surface area contributed by atoms with Gasteiger partial charge in [-0.1, -0.05) is 46.5 Å². The molecule has 0 heterocycles. The Balaban J connectivity index is 4.67. The summed E-state index contributed by atoms with van der Waals surface area (Å²) < 4.78 is 15.0. The molecule has 8 heteroatoms. The van der Waals surface area contributed by atoms with Gasteiger partial charge in [-0.05, 0) is 19.3 Å². The zero-order chi connectivity index (χ0) is 20.5. The van der Waals surface area contributed by atoms with Gasteiger partial charge in [0.15, 0.2) is 0 Å². The van der Waals surface area contributed by atoms with Crippen molar-refractivity contribution >= 4 is 18.0 Å². The zero-order valence-electron chi connectivity index (χ0n) is 17.2. The van der Waals surface area contributed by atoms with Crippen LogP contribution in [0.5, 0.6) is 0 Å². The van der Waals surface area contributed by atoms with E-state index in [2.05, 4.69) is 17.6 Å². The summed E-state index contributed by atoms with van der Waals surface area (Å²) in [7, 11) is 1.50. The molecule has 27 heavy (non-hydrogen) atoms. The number of nitrogens with one attached hydrogen (secondary N) is 2. The molecule has 0 aliphatic rings. The summed E-state index contributed by atoms with van der Waals surface area (Å²) in [6.07, 6.45) is 4.49. The Morgan fingerprint density at radius 2 is 1.44 bits per heavy atom. The number of rotatable bonds is 15. The number of hydrogen-bond acceptors (Lipinski definition) is 6. The van der Waals surface area contributed by atoms with Gasteiger partial charge in [-0.15, -0.1) is 0 Å². The number of hydrogen-bond donors (Lipinski definition) is 2. The van der Waals surface area contributed by atoms with Crippen LogP contribution in [0.4, 0.5) is 4.79 Å². The van der Waals surface area contributed by atoms with Crippen LogP contribution in [0.3, 0.4) is 0 Å². The topological polar surface area (TPSA) is 103 Å². The minimum absolute atomic E-state index is 0.103. The van der Waals surface area contributed by atoms with Crippen molar-refractivity contribution in [3.8, 4) is 0 Å². The Kier molecular flexibility index (Phi) is 15.2. The van der Waals surface area contributed by atoms with Crippen molar-refractivity contribution in [3.05, 3.63) is 0 Å². The highest BCUT2D eigenvalue weighted by atomic mass is 16.6. The second-order valence-corrected chi connectivity index (χ2v) is 6.34. The van der Waals surface area contributed by atoms with Gasteiger partial charge in [0, 0.05) is 7.11 Å². The molecule has 0 fully saturated rings. The number of amides is 2. The van der Waals surface area contributed by atoms with Crippen LogP contribution >= 0.6 is 0 Å². The van der Waals surface area contributed by atoms with Gasteiger partial charge in [0.2, 0.25) is 5.91 Å². The SMILES string of the molecule is CCCCCOC(=O)C(CCC)NC(=O)C(CCC)NC(=O)OCCOC. The monoisotopic (exact) mass is 388 g/mol. The second kappa shape index (κ2) is 16.4. The number of methoxy groups -OCH3 is 1. The van der Waals surface area contributed by atoms with Crippen molar-refractivity contribution in [1.82, 2.24) is 10.6 Å². The van der Waals surface area contributed by atoms with Crippen LogP contribution in [-0.2, 0) is 23.8 Å². The molecule has 0 spiro atoms. The lowest BCUT2D eigenvalue weighted by atomic mass is 10.1. The molecule has 0 bridgehead atoms. The molecular weight excluding hydrogens is 352 g/mol.